The number of aryl methyl sites for hydroxylation is 1. The van der Waals surface area contributed by atoms with E-state index in [0.717, 1.165) is 11.8 Å². The van der Waals surface area contributed by atoms with Crippen LogP contribution < -0.4 is 5.73 Å². The van der Waals surface area contributed by atoms with E-state index >= 15 is 0 Å². The Balaban J connectivity index is 0.00000144. The summed E-state index contributed by atoms with van der Waals surface area (Å²) in [5.41, 5.74) is 7.34. The van der Waals surface area contributed by atoms with E-state index in [0.29, 0.717) is 11.1 Å². The average molecular weight is 220 g/mol. The summed E-state index contributed by atoms with van der Waals surface area (Å²) in [6.45, 7) is 0. The Kier molecular flexibility index (Phi) is 2.44. The second kappa shape index (κ2) is 3.77. The van der Waals surface area contributed by atoms with Gasteiger partial charge in [0.25, 0.3) is 0 Å². The van der Waals surface area contributed by atoms with E-state index in [9.17, 15) is 4.39 Å². The Bertz CT molecular complexity index is 550. The third-order valence-corrected chi connectivity index (χ3v) is 2.36. The number of hydrogen-bond donors (Lipinski definition) is 2. The van der Waals surface area contributed by atoms with E-state index in [2.05, 4.69) is 5.10 Å². The van der Waals surface area contributed by atoms with Gasteiger partial charge in [-0.05, 0) is 17.7 Å². The van der Waals surface area contributed by atoms with Crippen LogP contribution in [-0.4, -0.2) is 16.0 Å². The molecule has 0 saturated heterocycles. The zero-order valence-electron chi connectivity index (χ0n) is 8.74. The smallest absolute Gasteiger partial charge is 0.147 e. The molecule has 1 heterocycles. The highest BCUT2D eigenvalue weighted by atomic mass is 19.1. The predicted molar refractivity (Wildman–Crippen MR) is 63.0 cm³/mol. The van der Waals surface area contributed by atoms with Gasteiger partial charge in [-0.15, -0.1) is 0 Å². The van der Waals surface area contributed by atoms with Gasteiger partial charge in [0.1, 0.15) is 5.82 Å². The van der Waals surface area contributed by atoms with Gasteiger partial charge in [0.15, 0.2) is 0 Å². The largest absolute Gasteiger partial charge is 0.396 e. The van der Waals surface area contributed by atoms with Crippen LogP contribution in [-0.2, 0) is 7.05 Å². The number of rotatable bonds is 2. The lowest BCUT2D eigenvalue weighted by atomic mass is 10.0. The van der Waals surface area contributed by atoms with Gasteiger partial charge in [-0.2, -0.15) is 5.10 Å². The molecule has 0 aliphatic carbocycles. The zero-order chi connectivity index (χ0) is 11.7. The van der Waals surface area contributed by atoms with Gasteiger partial charge in [-0.3, -0.25) is 4.68 Å². The van der Waals surface area contributed by atoms with Crippen molar-refractivity contribution in [3.8, 4) is 11.1 Å². The number of hydrogen-bond acceptors (Lipinski definition) is 3. The number of nitrogens with two attached hydrogens (primary N) is 1. The van der Waals surface area contributed by atoms with Crippen LogP contribution >= 0.6 is 0 Å². The van der Waals surface area contributed by atoms with E-state index in [4.69, 9.17) is 11.1 Å². The van der Waals surface area contributed by atoms with E-state index in [1.807, 2.05) is 0 Å². The van der Waals surface area contributed by atoms with Gasteiger partial charge in [-0.1, -0.05) is 0 Å². The molecular weight excluding hydrogens is 207 g/mol. The van der Waals surface area contributed by atoms with Crippen molar-refractivity contribution in [3.05, 3.63) is 35.9 Å². The molecule has 0 aliphatic heterocycles. The molecule has 0 aliphatic rings. The summed E-state index contributed by atoms with van der Waals surface area (Å²) >= 11 is 0. The van der Waals surface area contributed by atoms with Crippen LogP contribution in [0, 0.1) is 11.2 Å². The fraction of sp³-hybridized carbons (Fsp3) is 0.0909. The van der Waals surface area contributed by atoms with Crippen LogP contribution in [0.3, 0.4) is 0 Å². The van der Waals surface area contributed by atoms with Crippen molar-refractivity contribution >= 4 is 11.9 Å². The van der Waals surface area contributed by atoms with E-state index in [-0.39, 0.29) is 7.11 Å². The molecule has 16 heavy (non-hydrogen) atoms. The minimum atomic E-state index is -0.514. The maximum atomic E-state index is 13.5. The lowest BCUT2D eigenvalue weighted by molar-refractivity contribution is 0.633. The maximum absolute atomic E-state index is 13.5. The monoisotopic (exact) mass is 220 g/mol. The molecule has 5 heteroatoms. The molecule has 0 fully saturated rings. The van der Waals surface area contributed by atoms with Crippen LogP contribution in [0.5, 0.6) is 0 Å². The first-order valence-corrected chi connectivity index (χ1v) is 4.70. The first-order chi connectivity index (χ1) is 7.61. The van der Waals surface area contributed by atoms with Crippen LogP contribution in [0.1, 0.15) is 6.99 Å². The van der Waals surface area contributed by atoms with Crippen LogP contribution in [0.4, 0.5) is 10.1 Å². The molecule has 0 saturated carbocycles. The van der Waals surface area contributed by atoms with Crippen LogP contribution in [0.15, 0.2) is 24.5 Å². The minimum Gasteiger partial charge on any atom is -0.396 e. The van der Waals surface area contributed by atoms with Gasteiger partial charge in [0.2, 0.25) is 0 Å². The Morgan fingerprint density at radius 3 is 2.81 bits per heavy atom. The first kappa shape index (κ1) is 10.4. The van der Waals surface area contributed by atoms with Gasteiger partial charge in [0, 0.05) is 32.0 Å². The van der Waals surface area contributed by atoms with Gasteiger partial charge in [0.05, 0.1) is 11.9 Å². The van der Waals surface area contributed by atoms with Crippen LogP contribution in [0.25, 0.3) is 11.1 Å². The van der Waals surface area contributed by atoms with Crippen molar-refractivity contribution in [2.45, 2.75) is 0 Å². The normalized spacial score (nSPS) is 10.4. The van der Waals surface area contributed by atoms with E-state index in [1.165, 1.54) is 6.07 Å². The summed E-state index contributed by atoms with van der Waals surface area (Å²) in [5, 5.41) is 11.2. The predicted octanol–water partition coefficient (Wildman–Crippen LogP) is 2.05. The van der Waals surface area contributed by atoms with Crippen molar-refractivity contribution in [2.75, 3.05) is 5.73 Å². The number of nitrogens with one attached hydrogen (secondary N) is 1. The SMILES string of the molecule is Cn1cc(-c2cc(F)c(N)c(C=N)c2)cn1.[HH]. The van der Waals surface area contributed by atoms with Crippen LogP contribution in [0.2, 0.25) is 0 Å². The van der Waals surface area contributed by atoms with Crippen molar-refractivity contribution in [2.24, 2.45) is 7.05 Å². The molecular formula is C11H13FN4. The van der Waals surface area contributed by atoms with Gasteiger partial charge >= 0.3 is 0 Å². The summed E-state index contributed by atoms with van der Waals surface area (Å²) in [6, 6.07) is 3.02. The van der Waals surface area contributed by atoms with Gasteiger partial charge in [-0.25, -0.2) is 4.39 Å². The molecule has 2 aromatic rings. The molecule has 0 spiro atoms. The highest BCUT2D eigenvalue weighted by Crippen LogP contribution is 2.25. The molecule has 0 atom stereocenters. The molecule has 1 aromatic carbocycles. The quantitative estimate of drug-likeness (QED) is 0.600. The second-order valence-corrected chi connectivity index (χ2v) is 3.51. The standard InChI is InChI=1S/C11H11FN4.H2/c1-16-6-9(5-15-16)7-2-8(4-13)11(14)10(12)3-7;/h2-6,13H,14H2,1H3;1H. The molecule has 0 bridgehead atoms. The molecule has 4 nitrogen and oxygen atoms in total. The number of halogens is 1. The number of benzene rings is 1. The highest BCUT2D eigenvalue weighted by molar-refractivity contribution is 5.87. The molecule has 0 unspecified atom stereocenters. The average Bonchev–Trinajstić information content (AvgIpc) is 2.69. The Labute approximate surface area is 93.5 Å². The third-order valence-electron chi connectivity index (χ3n) is 2.36. The molecule has 1 aromatic heterocycles. The highest BCUT2D eigenvalue weighted by Gasteiger charge is 2.08. The van der Waals surface area contributed by atoms with Crippen molar-refractivity contribution in [1.82, 2.24) is 9.78 Å². The third kappa shape index (κ3) is 1.67. The summed E-state index contributed by atoms with van der Waals surface area (Å²) in [4.78, 5) is 0. The maximum Gasteiger partial charge on any atom is 0.147 e. The summed E-state index contributed by atoms with van der Waals surface area (Å²) in [7, 11) is 1.79. The lowest BCUT2D eigenvalue weighted by Crippen LogP contribution is -1.97. The Hall–Kier alpha value is -2.17. The summed E-state index contributed by atoms with van der Waals surface area (Å²) in [6.07, 6.45) is 4.45. The molecule has 84 valence electrons. The molecule has 2 rings (SSSR count). The minimum absolute atomic E-state index is 0. The number of nitrogen functional groups attached to an aromatic ring is 1. The number of anilines is 1. The van der Waals surface area contributed by atoms with Crippen molar-refractivity contribution in [3.63, 3.8) is 0 Å². The van der Waals surface area contributed by atoms with Crippen molar-refractivity contribution < 1.29 is 5.82 Å². The zero-order valence-corrected chi connectivity index (χ0v) is 8.74. The Morgan fingerprint density at radius 1 is 1.50 bits per heavy atom. The van der Waals surface area contributed by atoms with Gasteiger partial charge < -0.3 is 11.1 Å². The van der Waals surface area contributed by atoms with Crippen molar-refractivity contribution in [1.29, 1.82) is 5.41 Å². The molecule has 3 N–H and O–H groups in total. The fourth-order valence-electron chi connectivity index (χ4n) is 1.50. The number of nitrogens with zero attached hydrogens (tertiary/aromatic N) is 2. The first-order valence-electron chi connectivity index (χ1n) is 4.70. The summed E-state index contributed by atoms with van der Waals surface area (Å²) in [5.74, 6) is -0.514. The van der Waals surface area contributed by atoms with E-state index < -0.39 is 5.82 Å². The molecule has 0 radical (unpaired) electrons. The Morgan fingerprint density at radius 2 is 2.25 bits per heavy atom. The lowest BCUT2D eigenvalue weighted by Gasteiger charge is -2.04. The summed E-state index contributed by atoms with van der Waals surface area (Å²) < 4.78 is 15.1. The molecule has 0 amide bonds. The second-order valence-electron chi connectivity index (χ2n) is 3.51. The fourth-order valence-corrected chi connectivity index (χ4v) is 1.50. The number of aromatic nitrogens is 2. The topological polar surface area (TPSA) is 67.7 Å². The van der Waals surface area contributed by atoms with E-state index in [1.54, 1.807) is 30.2 Å².